The van der Waals surface area contributed by atoms with Gasteiger partial charge in [-0.15, -0.1) is 0 Å². The first-order valence-corrected chi connectivity index (χ1v) is 4.84. The second-order valence-corrected chi connectivity index (χ2v) is 3.25. The number of carbonyl (C=O) groups excluding carboxylic acids is 2. The van der Waals surface area contributed by atoms with Crippen LogP contribution in [-0.4, -0.2) is 29.7 Å². The third kappa shape index (κ3) is 3.17. The van der Waals surface area contributed by atoms with Crippen molar-refractivity contribution in [3.05, 3.63) is 24.3 Å². The molecule has 0 bridgehead atoms. The quantitative estimate of drug-likeness (QED) is 0.490. The number of allylic oxidation sites excluding steroid dienone is 3. The van der Waals surface area contributed by atoms with Crippen LogP contribution in [0.5, 0.6) is 0 Å². The lowest BCUT2D eigenvalue weighted by Gasteiger charge is -2.24. The molecule has 0 saturated carbocycles. The number of piperidine rings is 1. The fraction of sp³-hybridized carbons (Fsp3) is 0.455. The van der Waals surface area contributed by atoms with Crippen molar-refractivity contribution in [1.29, 1.82) is 0 Å². The molecule has 3 nitrogen and oxygen atoms in total. The van der Waals surface area contributed by atoms with E-state index in [1.165, 1.54) is 6.08 Å². The van der Waals surface area contributed by atoms with Crippen LogP contribution in [0.1, 0.15) is 19.8 Å². The molecule has 0 spiro atoms. The number of likely N-dealkylation sites (tertiary alicyclic amines) is 1. The number of hydrogen-bond donors (Lipinski definition) is 0. The van der Waals surface area contributed by atoms with Crippen LogP contribution in [0.2, 0.25) is 0 Å². The molecular formula is C11H15NO2. The summed E-state index contributed by atoms with van der Waals surface area (Å²) in [5.74, 6) is 0.252. The summed E-state index contributed by atoms with van der Waals surface area (Å²) in [6.45, 7) is 3.03. The highest BCUT2D eigenvalue weighted by atomic mass is 16.2. The zero-order valence-corrected chi connectivity index (χ0v) is 8.40. The topological polar surface area (TPSA) is 37.4 Å². The molecule has 0 radical (unpaired) electrons. The van der Waals surface area contributed by atoms with E-state index in [-0.39, 0.29) is 11.7 Å². The zero-order valence-electron chi connectivity index (χ0n) is 8.40. The zero-order chi connectivity index (χ0) is 10.4. The summed E-state index contributed by atoms with van der Waals surface area (Å²) in [5, 5.41) is 0. The van der Waals surface area contributed by atoms with Crippen LogP contribution in [0.3, 0.4) is 0 Å². The van der Waals surface area contributed by atoms with Gasteiger partial charge in [0.25, 0.3) is 0 Å². The van der Waals surface area contributed by atoms with E-state index in [1.54, 1.807) is 11.0 Å². The number of ketones is 1. The van der Waals surface area contributed by atoms with Crippen LogP contribution in [0, 0.1) is 0 Å². The molecule has 14 heavy (non-hydrogen) atoms. The van der Waals surface area contributed by atoms with E-state index < -0.39 is 0 Å². The van der Waals surface area contributed by atoms with Gasteiger partial charge in [0.15, 0.2) is 0 Å². The monoisotopic (exact) mass is 193 g/mol. The van der Waals surface area contributed by atoms with E-state index in [4.69, 9.17) is 0 Å². The molecule has 0 N–H and O–H groups in total. The minimum atomic E-state index is -0.00407. The van der Waals surface area contributed by atoms with Gasteiger partial charge in [0.2, 0.25) is 5.91 Å². The highest BCUT2D eigenvalue weighted by molar-refractivity contribution is 5.90. The predicted octanol–water partition coefficient (Wildman–Crippen LogP) is 1.31. The van der Waals surface area contributed by atoms with Gasteiger partial charge >= 0.3 is 0 Å². The van der Waals surface area contributed by atoms with Gasteiger partial charge in [0, 0.05) is 32.0 Å². The van der Waals surface area contributed by atoms with E-state index in [2.05, 4.69) is 0 Å². The summed E-state index contributed by atoms with van der Waals surface area (Å²) >= 11 is 0. The first kappa shape index (κ1) is 10.7. The van der Waals surface area contributed by atoms with Crippen LogP contribution >= 0.6 is 0 Å². The van der Waals surface area contributed by atoms with Crippen molar-refractivity contribution in [3.63, 3.8) is 0 Å². The van der Waals surface area contributed by atoms with Gasteiger partial charge in [0.1, 0.15) is 5.78 Å². The SMILES string of the molecule is C/C=C/C=C/C(=O)N1CCC(=O)CC1. The van der Waals surface area contributed by atoms with Crippen molar-refractivity contribution in [2.24, 2.45) is 0 Å². The van der Waals surface area contributed by atoms with E-state index in [0.717, 1.165) is 0 Å². The second kappa shape index (κ2) is 5.37. The van der Waals surface area contributed by atoms with Gasteiger partial charge in [-0.05, 0) is 6.92 Å². The molecule has 0 aromatic heterocycles. The van der Waals surface area contributed by atoms with Gasteiger partial charge in [-0.25, -0.2) is 0 Å². The van der Waals surface area contributed by atoms with Gasteiger partial charge in [-0.2, -0.15) is 0 Å². The Hall–Kier alpha value is -1.38. The molecule has 1 saturated heterocycles. The minimum absolute atomic E-state index is 0.00407. The van der Waals surface area contributed by atoms with Crippen molar-refractivity contribution >= 4 is 11.7 Å². The molecule has 0 aromatic rings. The van der Waals surface area contributed by atoms with Crippen LogP contribution in [0.25, 0.3) is 0 Å². The van der Waals surface area contributed by atoms with Crippen LogP contribution in [-0.2, 0) is 9.59 Å². The number of amides is 1. The largest absolute Gasteiger partial charge is 0.338 e. The maximum atomic E-state index is 11.5. The minimum Gasteiger partial charge on any atom is -0.338 e. The van der Waals surface area contributed by atoms with Crippen molar-refractivity contribution in [2.45, 2.75) is 19.8 Å². The van der Waals surface area contributed by atoms with Crippen molar-refractivity contribution < 1.29 is 9.59 Å². The summed E-state index contributed by atoms with van der Waals surface area (Å²) < 4.78 is 0. The van der Waals surface area contributed by atoms with Crippen LogP contribution in [0.4, 0.5) is 0 Å². The Morgan fingerprint density at radius 3 is 2.50 bits per heavy atom. The number of rotatable bonds is 2. The van der Waals surface area contributed by atoms with E-state index in [9.17, 15) is 9.59 Å². The fourth-order valence-electron chi connectivity index (χ4n) is 1.33. The van der Waals surface area contributed by atoms with Gasteiger partial charge in [0.05, 0.1) is 0 Å². The Morgan fingerprint density at radius 1 is 1.29 bits per heavy atom. The van der Waals surface area contributed by atoms with Gasteiger partial charge < -0.3 is 4.90 Å². The van der Waals surface area contributed by atoms with Crippen LogP contribution in [0.15, 0.2) is 24.3 Å². The van der Waals surface area contributed by atoms with Crippen LogP contribution < -0.4 is 0 Å². The molecule has 1 aliphatic heterocycles. The molecule has 1 amide bonds. The summed E-state index contributed by atoms with van der Waals surface area (Å²) in [6, 6.07) is 0. The van der Waals surface area contributed by atoms with Gasteiger partial charge in [-0.3, -0.25) is 9.59 Å². The third-order valence-corrected chi connectivity index (χ3v) is 2.18. The maximum absolute atomic E-state index is 11.5. The Morgan fingerprint density at radius 2 is 1.93 bits per heavy atom. The van der Waals surface area contributed by atoms with E-state index in [1.807, 2.05) is 19.1 Å². The molecule has 1 rings (SSSR count). The molecule has 1 aliphatic rings. The summed E-state index contributed by atoms with van der Waals surface area (Å²) in [5.41, 5.74) is 0. The molecule has 76 valence electrons. The second-order valence-electron chi connectivity index (χ2n) is 3.25. The first-order chi connectivity index (χ1) is 6.74. The Labute approximate surface area is 84.1 Å². The number of Topliss-reactive ketones (excluding diaryl/α,β-unsaturated/α-hetero) is 1. The average molecular weight is 193 g/mol. The highest BCUT2D eigenvalue weighted by Crippen LogP contribution is 2.06. The number of carbonyl (C=O) groups is 2. The van der Waals surface area contributed by atoms with E-state index >= 15 is 0 Å². The van der Waals surface area contributed by atoms with Crippen molar-refractivity contribution in [3.8, 4) is 0 Å². The molecular weight excluding hydrogens is 178 g/mol. The third-order valence-electron chi connectivity index (χ3n) is 2.18. The Bertz CT molecular complexity index is 269. The number of hydrogen-bond acceptors (Lipinski definition) is 2. The molecule has 0 unspecified atom stereocenters. The Kier molecular flexibility index (Phi) is 4.11. The molecule has 0 aliphatic carbocycles. The average Bonchev–Trinajstić information content (AvgIpc) is 2.19. The standard InChI is InChI=1S/C11H15NO2/c1-2-3-4-5-11(14)12-8-6-10(13)7-9-12/h2-5H,6-9H2,1H3/b3-2+,5-4+. The highest BCUT2D eigenvalue weighted by Gasteiger charge is 2.18. The lowest BCUT2D eigenvalue weighted by molar-refractivity contribution is -0.130. The summed E-state index contributed by atoms with van der Waals surface area (Å²) in [7, 11) is 0. The lowest BCUT2D eigenvalue weighted by atomic mass is 10.1. The van der Waals surface area contributed by atoms with E-state index in [0.29, 0.717) is 25.9 Å². The van der Waals surface area contributed by atoms with Crippen molar-refractivity contribution in [2.75, 3.05) is 13.1 Å². The fourth-order valence-corrected chi connectivity index (χ4v) is 1.33. The van der Waals surface area contributed by atoms with Crippen molar-refractivity contribution in [1.82, 2.24) is 4.90 Å². The maximum Gasteiger partial charge on any atom is 0.246 e. The molecule has 1 fully saturated rings. The first-order valence-electron chi connectivity index (χ1n) is 4.84. The predicted molar refractivity (Wildman–Crippen MR) is 54.8 cm³/mol. The molecule has 1 heterocycles. The normalized spacial score (nSPS) is 18.4. The molecule has 0 atom stereocenters. The molecule has 3 heteroatoms. The smallest absolute Gasteiger partial charge is 0.246 e. The molecule has 0 aromatic carbocycles. The Balaban J connectivity index is 2.41. The number of nitrogens with zero attached hydrogens (tertiary/aromatic N) is 1. The summed E-state index contributed by atoms with van der Waals surface area (Å²) in [4.78, 5) is 24.1. The summed E-state index contributed by atoms with van der Waals surface area (Å²) in [6.07, 6.45) is 7.94. The lowest BCUT2D eigenvalue weighted by Crippen LogP contribution is -2.37. The van der Waals surface area contributed by atoms with Gasteiger partial charge in [-0.1, -0.05) is 18.2 Å².